The summed E-state index contributed by atoms with van der Waals surface area (Å²) in [4.78, 5) is 25.9. The zero-order valence-electron chi connectivity index (χ0n) is 15.3. The molecule has 1 aliphatic rings. The molecule has 0 saturated heterocycles. The van der Waals surface area contributed by atoms with Crippen LogP contribution < -0.4 is 10.1 Å². The van der Waals surface area contributed by atoms with Crippen LogP contribution in [0.15, 0.2) is 24.3 Å². The van der Waals surface area contributed by atoms with E-state index in [2.05, 4.69) is 12.2 Å². The topological polar surface area (TPSA) is 64.6 Å². The number of rotatable bonds is 6. The molecule has 1 amide bonds. The SMILES string of the molecule is CCC(C)Oc1ccc(C(=O)Nc2sc3c(c2C(=O)OC)CCC3)cc1. The Balaban J connectivity index is 1.77. The second-order valence-electron chi connectivity index (χ2n) is 6.37. The van der Waals surface area contributed by atoms with Gasteiger partial charge in [0.15, 0.2) is 0 Å². The molecule has 0 radical (unpaired) electrons. The van der Waals surface area contributed by atoms with Crippen LogP contribution in [0.1, 0.15) is 57.8 Å². The van der Waals surface area contributed by atoms with Gasteiger partial charge >= 0.3 is 5.97 Å². The fourth-order valence-corrected chi connectivity index (χ4v) is 4.26. The summed E-state index contributed by atoms with van der Waals surface area (Å²) in [6, 6.07) is 7.03. The van der Waals surface area contributed by atoms with Gasteiger partial charge in [-0.1, -0.05) is 6.92 Å². The first-order valence-electron chi connectivity index (χ1n) is 8.84. The molecule has 1 aliphatic carbocycles. The van der Waals surface area contributed by atoms with Gasteiger partial charge in [0, 0.05) is 10.4 Å². The number of amides is 1. The van der Waals surface area contributed by atoms with Crippen molar-refractivity contribution in [1.29, 1.82) is 0 Å². The van der Waals surface area contributed by atoms with E-state index in [1.165, 1.54) is 18.4 Å². The summed E-state index contributed by atoms with van der Waals surface area (Å²) < 4.78 is 10.6. The number of benzene rings is 1. The molecule has 1 atom stereocenters. The largest absolute Gasteiger partial charge is 0.491 e. The third-order valence-electron chi connectivity index (χ3n) is 4.57. The summed E-state index contributed by atoms with van der Waals surface area (Å²) in [6.07, 6.45) is 3.89. The summed E-state index contributed by atoms with van der Waals surface area (Å²) in [5.74, 6) is 0.100. The minimum absolute atomic E-state index is 0.130. The minimum Gasteiger partial charge on any atom is -0.491 e. The first-order chi connectivity index (χ1) is 12.5. The summed E-state index contributed by atoms with van der Waals surface area (Å²) in [6.45, 7) is 4.06. The molecule has 0 spiro atoms. The van der Waals surface area contributed by atoms with Gasteiger partial charge < -0.3 is 14.8 Å². The summed E-state index contributed by atoms with van der Waals surface area (Å²) in [7, 11) is 1.36. The van der Waals surface area contributed by atoms with E-state index in [4.69, 9.17) is 9.47 Å². The first-order valence-corrected chi connectivity index (χ1v) is 9.66. The maximum atomic E-state index is 12.6. The Morgan fingerprint density at radius 1 is 1.23 bits per heavy atom. The Hall–Kier alpha value is -2.34. The molecular formula is C20H23NO4S. The summed E-state index contributed by atoms with van der Waals surface area (Å²) >= 11 is 1.47. The monoisotopic (exact) mass is 373 g/mol. The number of carbonyl (C=O) groups is 2. The van der Waals surface area contributed by atoms with E-state index >= 15 is 0 Å². The normalized spacial score (nSPS) is 13.8. The molecular weight excluding hydrogens is 350 g/mol. The molecule has 1 aromatic heterocycles. The lowest BCUT2D eigenvalue weighted by molar-refractivity contribution is 0.0601. The number of anilines is 1. The van der Waals surface area contributed by atoms with Crippen molar-refractivity contribution in [2.45, 2.75) is 45.6 Å². The Kier molecular flexibility index (Phi) is 5.61. The van der Waals surface area contributed by atoms with Gasteiger partial charge in [0.25, 0.3) is 5.91 Å². The molecule has 1 unspecified atom stereocenters. The van der Waals surface area contributed by atoms with Crippen LogP contribution in [-0.4, -0.2) is 25.1 Å². The second kappa shape index (κ2) is 7.91. The predicted octanol–water partition coefficient (Wildman–Crippen LogP) is 4.45. The van der Waals surface area contributed by atoms with Gasteiger partial charge in [0.2, 0.25) is 0 Å². The van der Waals surface area contributed by atoms with Crippen molar-refractivity contribution in [2.24, 2.45) is 0 Å². The molecule has 5 nitrogen and oxygen atoms in total. The molecule has 0 saturated carbocycles. The highest BCUT2D eigenvalue weighted by molar-refractivity contribution is 7.17. The van der Waals surface area contributed by atoms with Crippen LogP contribution in [0.4, 0.5) is 5.00 Å². The third kappa shape index (κ3) is 3.75. The maximum absolute atomic E-state index is 12.6. The van der Waals surface area contributed by atoms with Crippen molar-refractivity contribution in [1.82, 2.24) is 0 Å². The molecule has 1 N–H and O–H groups in total. The van der Waals surface area contributed by atoms with E-state index < -0.39 is 5.97 Å². The lowest BCUT2D eigenvalue weighted by Crippen LogP contribution is -2.15. The fraction of sp³-hybridized carbons (Fsp3) is 0.400. The van der Waals surface area contributed by atoms with Crippen molar-refractivity contribution < 1.29 is 19.1 Å². The number of ether oxygens (including phenoxy) is 2. The second-order valence-corrected chi connectivity index (χ2v) is 7.47. The highest BCUT2D eigenvalue weighted by atomic mass is 32.1. The first kappa shape index (κ1) is 18.5. The quantitative estimate of drug-likeness (QED) is 0.760. The molecule has 1 aromatic carbocycles. The molecule has 0 aliphatic heterocycles. The standard InChI is InChI=1S/C20H23NO4S/c1-4-12(2)25-14-10-8-13(9-11-14)18(22)21-19-17(20(23)24-3)15-6-5-7-16(15)26-19/h8-12H,4-7H2,1-3H3,(H,21,22). The zero-order valence-corrected chi connectivity index (χ0v) is 16.1. The Morgan fingerprint density at radius 3 is 2.62 bits per heavy atom. The van der Waals surface area contributed by atoms with E-state index in [1.54, 1.807) is 24.3 Å². The van der Waals surface area contributed by atoms with Crippen LogP contribution in [0.5, 0.6) is 5.75 Å². The molecule has 1 heterocycles. The van der Waals surface area contributed by atoms with E-state index in [-0.39, 0.29) is 12.0 Å². The average Bonchev–Trinajstić information content (AvgIpc) is 3.22. The molecule has 0 fully saturated rings. The third-order valence-corrected chi connectivity index (χ3v) is 5.77. The van der Waals surface area contributed by atoms with Crippen LogP contribution in [0.2, 0.25) is 0 Å². The van der Waals surface area contributed by atoms with Crippen molar-refractivity contribution in [3.05, 3.63) is 45.8 Å². The lowest BCUT2D eigenvalue weighted by Gasteiger charge is -2.12. The number of nitrogens with one attached hydrogen (secondary N) is 1. The molecule has 3 rings (SSSR count). The minimum atomic E-state index is -0.392. The van der Waals surface area contributed by atoms with Gasteiger partial charge in [-0.2, -0.15) is 0 Å². The molecule has 6 heteroatoms. The van der Waals surface area contributed by atoms with Crippen molar-refractivity contribution >= 4 is 28.2 Å². The fourth-order valence-electron chi connectivity index (χ4n) is 2.99. The molecule has 2 aromatic rings. The van der Waals surface area contributed by atoms with Gasteiger partial charge in [-0.15, -0.1) is 11.3 Å². The Morgan fingerprint density at radius 2 is 1.96 bits per heavy atom. The number of aryl methyl sites for hydroxylation is 1. The Labute approximate surface area is 157 Å². The molecule has 138 valence electrons. The van der Waals surface area contributed by atoms with Crippen LogP contribution in [-0.2, 0) is 17.6 Å². The van der Waals surface area contributed by atoms with Gasteiger partial charge in [0.05, 0.1) is 18.8 Å². The van der Waals surface area contributed by atoms with Crippen LogP contribution >= 0.6 is 11.3 Å². The van der Waals surface area contributed by atoms with Crippen LogP contribution in [0.25, 0.3) is 0 Å². The highest BCUT2D eigenvalue weighted by Crippen LogP contribution is 2.39. The number of thiophene rings is 1. The number of hydrogen-bond donors (Lipinski definition) is 1. The number of fused-ring (bicyclic) bond motifs is 1. The van der Waals surface area contributed by atoms with Crippen LogP contribution in [0.3, 0.4) is 0 Å². The van der Waals surface area contributed by atoms with E-state index in [1.807, 2.05) is 6.92 Å². The number of carbonyl (C=O) groups excluding carboxylic acids is 2. The number of esters is 1. The van der Waals surface area contributed by atoms with Gasteiger partial charge in [-0.05, 0) is 62.4 Å². The average molecular weight is 373 g/mol. The highest BCUT2D eigenvalue weighted by Gasteiger charge is 2.28. The zero-order chi connectivity index (χ0) is 18.7. The van der Waals surface area contributed by atoms with Crippen molar-refractivity contribution in [3.8, 4) is 5.75 Å². The van der Waals surface area contributed by atoms with Crippen LogP contribution in [0, 0.1) is 0 Å². The molecule has 26 heavy (non-hydrogen) atoms. The number of hydrogen-bond acceptors (Lipinski definition) is 5. The van der Waals surface area contributed by atoms with E-state index in [0.29, 0.717) is 16.1 Å². The van der Waals surface area contributed by atoms with E-state index in [0.717, 1.165) is 41.9 Å². The molecule has 0 bridgehead atoms. The van der Waals surface area contributed by atoms with Gasteiger partial charge in [-0.25, -0.2) is 4.79 Å². The Bertz CT molecular complexity index is 810. The predicted molar refractivity (Wildman–Crippen MR) is 102 cm³/mol. The summed E-state index contributed by atoms with van der Waals surface area (Å²) in [5.41, 5.74) is 2.05. The maximum Gasteiger partial charge on any atom is 0.341 e. The van der Waals surface area contributed by atoms with Crippen molar-refractivity contribution in [3.63, 3.8) is 0 Å². The van der Waals surface area contributed by atoms with Gasteiger partial charge in [-0.3, -0.25) is 4.79 Å². The van der Waals surface area contributed by atoms with Crippen molar-refractivity contribution in [2.75, 3.05) is 12.4 Å². The van der Waals surface area contributed by atoms with E-state index in [9.17, 15) is 9.59 Å². The summed E-state index contributed by atoms with van der Waals surface area (Å²) in [5, 5.41) is 3.46. The lowest BCUT2D eigenvalue weighted by atomic mass is 10.1. The smallest absolute Gasteiger partial charge is 0.341 e. The van der Waals surface area contributed by atoms with Gasteiger partial charge in [0.1, 0.15) is 10.8 Å². The number of methoxy groups -OCH3 is 1.